The first-order chi connectivity index (χ1) is 21.1. The van der Waals surface area contributed by atoms with Crippen molar-refractivity contribution in [3.05, 3.63) is 137 Å². The van der Waals surface area contributed by atoms with E-state index in [9.17, 15) is 32.2 Å². The van der Waals surface area contributed by atoms with Crippen LogP contribution in [-0.4, -0.2) is 43.0 Å². The van der Waals surface area contributed by atoms with Gasteiger partial charge < -0.3 is 14.8 Å². The zero-order valence-corrected chi connectivity index (χ0v) is 24.2. The summed E-state index contributed by atoms with van der Waals surface area (Å²) in [6.45, 7) is -0.624. The van der Waals surface area contributed by atoms with Crippen LogP contribution in [0.15, 0.2) is 109 Å². The number of halogens is 3. The van der Waals surface area contributed by atoms with Crippen LogP contribution in [0.25, 0.3) is 0 Å². The van der Waals surface area contributed by atoms with Crippen molar-refractivity contribution in [1.82, 2.24) is 5.32 Å². The maximum Gasteiger partial charge on any atom is 0.695 e. The topological polar surface area (TPSA) is 111 Å². The third-order valence-corrected chi connectivity index (χ3v) is 7.29. The summed E-state index contributed by atoms with van der Waals surface area (Å²) in [6.07, 6.45) is -6.11. The van der Waals surface area contributed by atoms with E-state index in [2.05, 4.69) is 0 Å². The predicted molar refractivity (Wildman–Crippen MR) is 155 cm³/mol. The van der Waals surface area contributed by atoms with Gasteiger partial charge in [-0.05, 0) is 34.4 Å². The first-order valence-corrected chi connectivity index (χ1v) is 14.4. The Bertz CT molecular complexity index is 1550. The highest BCUT2D eigenvalue weighted by atomic mass is 31.1. The molecule has 4 atom stereocenters. The van der Waals surface area contributed by atoms with Crippen LogP contribution in [0.1, 0.15) is 38.7 Å². The number of amides is 1. The number of carbonyl (C=O) groups is 2. The van der Waals surface area contributed by atoms with Crippen molar-refractivity contribution in [2.75, 3.05) is 13.7 Å². The minimum absolute atomic E-state index is 0.228. The summed E-state index contributed by atoms with van der Waals surface area (Å²) in [5.41, 5.74) is 0.700. The van der Waals surface area contributed by atoms with Gasteiger partial charge in [0, 0.05) is 10.1 Å². The molecule has 0 bridgehead atoms. The molecule has 0 aliphatic carbocycles. The van der Waals surface area contributed by atoms with Gasteiger partial charge in [-0.15, -0.1) is 9.42 Å². The Morgan fingerprint density at radius 1 is 0.864 bits per heavy atom. The lowest BCUT2D eigenvalue weighted by molar-refractivity contribution is -0.176. The van der Waals surface area contributed by atoms with E-state index in [0.717, 1.165) is 0 Å². The Kier molecular flexibility index (Phi) is 10.6. The minimum atomic E-state index is -5.27. The highest BCUT2D eigenvalue weighted by Gasteiger charge is 2.45. The van der Waals surface area contributed by atoms with Gasteiger partial charge in [0.15, 0.2) is 6.10 Å². The van der Waals surface area contributed by atoms with Crippen LogP contribution < -0.4 is 10.1 Å². The Hall–Kier alpha value is -4.41. The Morgan fingerprint density at radius 3 is 1.89 bits per heavy atom. The van der Waals surface area contributed by atoms with Crippen molar-refractivity contribution in [3.8, 4) is 5.75 Å². The maximum absolute atomic E-state index is 13.5. The number of benzene rings is 4. The lowest BCUT2D eigenvalue weighted by Crippen LogP contribution is -2.49. The van der Waals surface area contributed by atoms with Crippen molar-refractivity contribution >= 4 is 20.4 Å². The summed E-state index contributed by atoms with van der Waals surface area (Å²) < 4.78 is 69.5. The van der Waals surface area contributed by atoms with Crippen molar-refractivity contribution in [2.45, 2.75) is 23.9 Å². The number of methoxy groups -OCH3 is 1. The van der Waals surface area contributed by atoms with Gasteiger partial charge in [-0.3, -0.25) is 9.59 Å². The minimum Gasteiger partial charge on any atom is -0.497 e. The van der Waals surface area contributed by atoms with Gasteiger partial charge in [-0.1, -0.05) is 97.1 Å². The van der Waals surface area contributed by atoms with Crippen LogP contribution in [0.4, 0.5) is 13.2 Å². The van der Waals surface area contributed by atoms with Crippen molar-refractivity contribution < 1.29 is 46.2 Å². The number of carbonyl (C=O) groups excluding carboxylic acids is 2. The number of nitrogens with one attached hydrogen (secondary N) is 1. The lowest BCUT2D eigenvalue weighted by atomic mass is 9.79. The van der Waals surface area contributed by atoms with E-state index in [1.54, 1.807) is 97.1 Å². The molecule has 0 heterocycles. The zero-order valence-electron chi connectivity index (χ0n) is 23.3. The second kappa shape index (κ2) is 14.4. The number of aldehydes is 1. The van der Waals surface area contributed by atoms with E-state index in [-0.39, 0.29) is 5.56 Å². The van der Waals surface area contributed by atoms with Crippen molar-refractivity contribution in [1.29, 1.82) is 0 Å². The lowest BCUT2D eigenvalue weighted by Gasteiger charge is -2.38. The van der Waals surface area contributed by atoms with Crippen LogP contribution in [0, 0.1) is 0 Å². The summed E-state index contributed by atoms with van der Waals surface area (Å²) in [5, 5.41) is 1.90. The van der Waals surface area contributed by atoms with Crippen LogP contribution >= 0.6 is 8.25 Å². The van der Waals surface area contributed by atoms with Gasteiger partial charge in [-0.25, -0.2) is 0 Å². The van der Waals surface area contributed by atoms with E-state index >= 15 is 0 Å². The van der Waals surface area contributed by atoms with Gasteiger partial charge in [0.05, 0.1) is 19.8 Å². The monoisotopic (exact) mass is 626 g/mol. The standard InChI is InChI=1S/C32H27F3NO7P/c1-41-27-18-16-26(17-19-27)31(24-10-6-3-7-11-24,25-14-12-22(20-37)13-15-25)42-21-28(36-30(38)32(33,34)35)29(43-44(39)40)23-8-4-2-5-9-23/h2-20,28-29H,21H2,1H3,(H-,36,38,39,40)/p+1. The van der Waals surface area contributed by atoms with E-state index in [1.165, 1.54) is 19.2 Å². The fraction of sp³-hybridized carbons (Fsp3) is 0.188. The SMILES string of the molecule is COc1ccc(C(OCC(NC(=O)C(F)(F)F)C(O[P+](=O)O)c2ccccc2)(c2ccccc2)c2ccc(C=O)cc2)cc1. The quantitative estimate of drug-likeness (QED) is 0.102. The fourth-order valence-corrected chi connectivity index (χ4v) is 5.28. The second-order valence-electron chi connectivity index (χ2n) is 9.58. The van der Waals surface area contributed by atoms with Gasteiger partial charge in [0.2, 0.25) is 0 Å². The van der Waals surface area contributed by atoms with Crippen LogP contribution in [0.3, 0.4) is 0 Å². The van der Waals surface area contributed by atoms with Crippen molar-refractivity contribution in [3.63, 3.8) is 0 Å². The first-order valence-electron chi connectivity index (χ1n) is 13.2. The van der Waals surface area contributed by atoms with Crippen LogP contribution in [-0.2, 0) is 24.2 Å². The molecule has 1 amide bonds. The van der Waals surface area contributed by atoms with E-state index in [1.807, 2.05) is 5.32 Å². The Labute approximate surface area is 252 Å². The van der Waals surface area contributed by atoms with Crippen LogP contribution in [0.2, 0.25) is 0 Å². The molecule has 12 heteroatoms. The van der Waals surface area contributed by atoms with Gasteiger partial charge >= 0.3 is 20.3 Å². The molecule has 0 saturated carbocycles. The Balaban J connectivity index is 1.90. The average molecular weight is 627 g/mol. The first kappa shape index (κ1) is 32.5. The maximum atomic E-state index is 13.5. The number of hydrogen-bond donors (Lipinski definition) is 2. The molecule has 2 N–H and O–H groups in total. The molecule has 4 rings (SSSR count). The highest BCUT2D eigenvalue weighted by molar-refractivity contribution is 7.32. The molecule has 0 aliphatic rings. The van der Waals surface area contributed by atoms with Gasteiger partial charge in [-0.2, -0.15) is 13.2 Å². The number of ether oxygens (including phenoxy) is 2. The molecule has 4 aromatic carbocycles. The molecule has 0 aromatic heterocycles. The summed E-state index contributed by atoms with van der Waals surface area (Å²) in [5.74, 6) is -1.75. The normalized spacial score (nSPS) is 14.5. The molecular weight excluding hydrogens is 598 g/mol. The molecule has 0 fully saturated rings. The molecule has 0 spiro atoms. The van der Waals surface area contributed by atoms with Crippen molar-refractivity contribution in [2.24, 2.45) is 0 Å². The number of rotatable bonds is 13. The molecule has 4 unspecified atom stereocenters. The summed E-state index contributed by atoms with van der Waals surface area (Å²) in [4.78, 5) is 33.3. The average Bonchev–Trinajstić information content (AvgIpc) is 3.04. The fourth-order valence-electron chi connectivity index (χ4n) is 4.82. The summed E-state index contributed by atoms with van der Waals surface area (Å²) >= 11 is 0. The van der Waals surface area contributed by atoms with Crippen LogP contribution in [0.5, 0.6) is 5.75 Å². The molecule has 0 radical (unpaired) electrons. The molecule has 8 nitrogen and oxygen atoms in total. The van der Waals surface area contributed by atoms with Gasteiger partial charge in [0.25, 0.3) is 0 Å². The summed E-state index contributed by atoms with van der Waals surface area (Å²) in [7, 11) is -1.82. The third-order valence-electron chi connectivity index (χ3n) is 6.88. The summed E-state index contributed by atoms with van der Waals surface area (Å²) in [6, 6.07) is 28.2. The predicted octanol–water partition coefficient (Wildman–Crippen LogP) is 6.27. The smallest absolute Gasteiger partial charge is 0.497 e. The third kappa shape index (κ3) is 7.56. The molecule has 4 aromatic rings. The Morgan fingerprint density at radius 2 is 1.39 bits per heavy atom. The van der Waals surface area contributed by atoms with E-state index in [0.29, 0.717) is 34.3 Å². The number of alkyl halides is 3. The molecule has 44 heavy (non-hydrogen) atoms. The highest BCUT2D eigenvalue weighted by Crippen LogP contribution is 2.42. The largest absolute Gasteiger partial charge is 0.695 e. The van der Waals surface area contributed by atoms with Gasteiger partial charge in [0.1, 0.15) is 17.6 Å². The van der Waals surface area contributed by atoms with E-state index in [4.69, 9.17) is 14.0 Å². The molecule has 0 aliphatic heterocycles. The molecule has 0 saturated heterocycles. The number of hydrogen-bond acceptors (Lipinski definition) is 6. The molecular formula is C32H28F3NO7P+. The van der Waals surface area contributed by atoms with E-state index < -0.39 is 44.7 Å². The zero-order chi connectivity index (χ0) is 31.7. The second-order valence-corrected chi connectivity index (χ2v) is 10.3. The molecule has 228 valence electrons.